The Morgan fingerprint density at radius 1 is 1.00 bits per heavy atom. The van der Waals surface area contributed by atoms with E-state index in [1.54, 1.807) is 0 Å². The number of aromatic nitrogens is 4. The van der Waals surface area contributed by atoms with Gasteiger partial charge in [-0.2, -0.15) is 4.68 Å². The highest BCUT2D eigenvalue weighted by molar-refractivity contribution is 5.50. The van der Waals surface area contributed by atoms with Crippen molar-refractivity contribution in [2.75, 3.05) is 5.32 Å². The lowest BCUT2D eigenvalue weighted by Gasteiger charge is -2.39. The molecular formula is C23H29N5. The normalized spacial score (nSPS) is 22.2. The number of benzene rings is 2. The molecule has 0 atom stereocenters. The van der Waals surface area contributed by atoms with Crippen LogP contribution in [0.15, 0.2) is 42.5 Å². The van der Waals surface area contributed by atoms with Crippen LogP contribution in [0, 0.1) is 26.7 Å². The Balaban J connectivity index is 1.79. The summed E-state index contributed by atoms with van der Waals surface area (Å²) in [4.78, 5) is 0. The Kier molecular flexibility index (Phi) is 4.92. The molecule has 1 saturated carbocycles. The van der Waals surface area contributed by atoms with Crippen molar-refractivity contribution in [2.24, 2.45) is 5.92 Å². The van der Waals surface area contributed by atoms with E-state index in [1.807, 2.05) is 4.68 Å². The fraction of sp³-hybridized carbons (Fsp3) is 0.435. The zero-order valence-electron chi connectivity index (χ0n) is 17.2. The smallest absolute Gasteiger partial charge is 0.181 e. The summed E-state index contributed by atoms with van der Waals surface area (Å²) in [5.41, 5.74) is 5.59. The van der Waals surface area contributed by atoms with E-state index in [9.17, 15) is 0 Å². The number of hydrogen-bond acceptors (Lipinski definition) is 4. The minimum Gasteiger partial charge on any atom is -0.373 e. The molecule has 1 aliphatic carbocycles. The van der Waals surface area contributed by atoms with Crippen LogP contribution in [-0.2, 0) is 5.54 Å². The van der Waals surface area contributed by atoms with Crippen molar-refractivity contribution >= 4 is 5.69 Å². The largest absolute Gasteiger partial charge is 0.373 e. The van der Waals surface area contributed by atoms with Crippen molar-refractivity contribution in [3.8, 4) is 5.69 Å². The minimum atomic E-state index is -0.263. The van der Waals surface area contributed by atoms with Crippen molar-refractivity contribution in [3.05, 3.63) is 65.0 Å². The maximum absolute atomic E-state index is 4.53. The second kappa shape index (κ2) is 7.38. The van der Waals surface area contributed by atoms with E-state index < -0.39 is 0 Å². The van der Waals surface area contributed by atoms with Gasteiger partial charge < -0.3 is 5.32 Å². The molecule has 3 aromatic rings. The average Bonchev–Trinajstić information content (AvgIpc) is 3.14. The summed E-state index contributed by atoms with van der Waals surface area (Å²) >= 11 is 0. The summed E-state index contributed by atoms with van der Waals surface area (Å²) in [6.45, 7) is 8.70. The highest BCUT2D eigenvalue weighted by Crippen LogP contribution is 2.41. The lowest BCUT2D eigenvalue weighted by atomic mass is 9.76. The van der Waals surface area contributed by atoms with Gasteiger partial charge in [0.15, 0.2) is 5.82 Å². The van der Waals surface area contributed by atoms with Crippen LogP contribution < -0.4 is 5.32 Å². The molecule has 5 heteroatoms. The van der Waals surface area contributed by atoms with Gasteiger partial charge in [-0.1, -0.05) is 36.8 Å². The number of nitrogens with zero attached hydrogens (tertiary/aromatic N) is 4. The van der Waals surface area contributed by atoms with E-state index in [1.165, 1.54) is 29.5 Å². The monoisotopic (exact) mass is 375 g/mol. The number of hydrogen-bond donors (Lipinski definition) is 1. The zero-order chi connectivity index (χ0) is 19.7. The van der Waals surface area contributed by atoms with E-state index in [4.69, 9.17) is 0 Å². The molecule has 1 N–H and O–H groups in total. The van der Waals surface area contributed by atoms with Crippen LogP contribution in [0.1, 0.15) is 55.1 Å². The minimum absolute atomic E-state index is 0.263. The van der Waals surface area contributed by atoms with Crippen LogP contribution in [0.25, 0.3) is 5.69 Å². The molecule has 1 aromatic heterocycles. The molecule has 0 spiro atoms. The first-order chi connectivity index (χ1) is 13.5. The second-order valence-corrected chi connectivity index (χ2v) is 8.46. The molecule has 0 saturated heterocycles. The van der Waals surface area contributed by atoms with Crippen LogP contribution in [-0.4, -0.2) is 20.2 Å². The number of nitrogens with one attached hydrogen (secondary N) is 1. The second-order valence-electron chi connectivity index (χ2n) is 8.46. The number of tetrazole rings is 1. The van der Waals surface area contributed by atoms with Crippen LogP contribution >= 0.6 is 0 Å². The molecule has 1 heterocycles. The van der Waals surface area contributed by atoms with E-state index in [2.05, 4.69) is 91.0 Å². The Morgan fingerprint density at radius 3 is 2.46 bits per heavy atom. The zero-order valence-corrected chi connectivity index (χ0v) is 17.2. The molecule has 0 aliphatic heterocycles. The number of anilines is 1. The van der Waals surface area contributed by atoms with Gasteiger partial charge in [0.1, 0.15) is 0 Å². The lowest BCUT2D eigenvalue weighted by Crippen LogP contribution is -2.41. The van der Waals surface area contributed by atoms with Crippen LogP contribution in [0.2, 0.25) is 0 Å². The Morgan fingerprint density at radius 2 is 1.75 bits per heavy atom. The van der Waals surface area contributed by atoms with Crippen LogP contribution in [0.3, 0.4) is 0 Å². The molecule has 5 nitrogen and oxygen atoms in total. The van der Waals surface area contributed by atoms with Gasteiger partial charge in [-0.25, -0.2) is 0 Å². The summed E-state index contributed by atoms with van der Waals surface area (Å²) in [5.74, 6) is 1.64. The fourth-order valence-electron chi connectivity index (χ4n) is 4.35. The molecule has 1 aliphatic rings. The summed E-state index contributed by atoms with van der Waals surface area (Å²) in [5, 5.41) is 16.8. The number of rotatable bonds is 4. The molecule has 28 heavy (non-hydrogen) atoms. The van der Waals surface area contributed by atoms with Crippen LogP contribution in [0.5, 0.6) is 0 Å². The standard InChI is InChI=1S/C23H29N5/c1-16-10-12-23(13-11-16,24-20-7-5-6-17(2)15-20)22-25-26-27-28(22)21-9-8-18(3)14-19(21)4/h5-9,14-16,24H,10-13H2,1-4H3. The molecular weight excluding hydrogens is 346 g/mol. The molecule has 1 fully saturated rings. The van der Waals surface area contributed by atoms with Crippen molar-refractivity contribution in [1.82, 2.24) is 20.2 Å². The van der Waals surface area contributed by atoms with E-state index in [-0.39, 0.29) is 5.54 Å². The Hall–Kier alpha value is -2.69. The van der Waals surface area contributed by atoms with Gasteiger partial charge in [-0.05, 0) is 92.1 Å². The van der Waals surface area contributed by atoms with Crippen molar-refractivity contribution in [3.63, 3.8) is 0 Å². The first-order valence-electron chi connectivity index (χ1n) is 10.2. The van der Waals surface area contributed by atoms with Gasteiger partial charge in [-0.3, -0.25) is 0 Å². The highest BCUT2D eigenvalue weighted by Gasteiger charge is 2.41. The van der Waals surface area contributed by atoms with Gasteiger partial charge in [0.05, 0.1) is 11.2 Å². The van der Waals surface area contributed by atoms with Gasteiger partial charge in [0.25, 0.3) is 0 Å². The topological polar surface area (TPSA) is 55.6 Å². The van der Waals surface area contributed by atoms with Crippen molar-refractivity contribution in [2.45, 2.75) is 58.9 Å². The average molecular weight is 376 g/mol. The SMILES string of the molecule is Cc1cccc(NC2(c3nnnn3-c3ccc(C)cc3C)CCC(C)CC2)c1. The van der Waals surface area contributed by atoms with Gasteiger partial charge >= 0.3 is 0 Å². The summed E-state index contributed by atoms with van der Waals surface area (Å²) in [6, 6.07) is 15.0. The molecule has 146 valence electrons. The fourth-order valence-corrected chi connectivity index (χ4v) is 4.35. The molecule has 0 unspecified atom stereocenters. The Labute approximate surface area is 167 Å². The predicted molar refractivity (Wildman–Crippen MR) is 113 cm³/mol. The van der Waals surface area contributed by atoms with Crippen molar-refractivity contribution < 1.29 is 0 Å². The first kappa shape index (κ1) is 18.7. The first-order valence-corrected chi connectivity index (χ1v) is 10.2. The maximum atomic E-state index is 4.53. The summed E-state index contributed by atoms with van der Waals surface area (Å²) in [6.07, 6.45) is 4.37. The summed E-state index contributed by atoms with van der Waals surface area (Å²) in [7, 11) is 0. The quantitative estimate of drug-likeness (QED) is 0.689. The van der Waals surface area contributed by atoms with E-state index in [0.717, 1.165) is 36.0 Å². The van der Waals surface area contributed by atoms with Crippen molar-refractivity contribution in [1.29, 1.82) is 0 Å². The van der Waals surface area contributed by atoms with E-state index >= 15 is 0 Å². The maximum Gasteiger partial charge on any atom is 0.181 e. The number of aryl methyl sites for hydroxylation is 3. The van der Waals surface area contributed by atoms with Crippen LogP contribution in [0.4, 0.5) is 5.69 Å². The third-order valence-electron chi connectivity index (χ3n) is 6.01. The molecule has 0 bridgehead atoms. The third-order valence-corrected chi connectivity index (χ3v) is 6.01. The summed E-state index contributed by atoms with van der Waals surface area (Å²) < 4.78 is 1.94. The molecule has 0 radical (unpaired) electrons. The van der Waals surface area contributed by atoms with Gasteiger partial charge in [0.2, 0.25) is 0 Å². The highest BCUT2D eigenvalue weighted by atomic mass is 15.6. The molecule has 2 aromatic carbocycles. The van der Waals surface area contributed by atoms with E-state index in [0.29, 0.717) is 0 Å². The predicted octanol–water partition coefficient (Wildman–Crippen LogP) is 5.11. The Bertz CT molecular complexity index is 967. The lowest BCUT2D eigenvalue weighted by molar-refractivity contribution is 0.255. The third kappa shape index (κ3) is 3.53. The van der Waals surface area contributed by atoms with Gasteiger partial charge in [0, 0.05) is 5.69 Å². The van der Waals surface area contributed by atoms with Gasteiger partial charge in [-0.15, -0.1) is 5.10 Å². The molecule has 0 amide bonds. The molecule has 4 rings (SSSR count).